The molecule has 0 fully saturated rings. The Bertz CT molecular complexity index is 191. The van der Waals surface area contributed by atoms with Gasteiger partial charge in [0.05, 0.1) is 0 Å². The second-order valence-electron chi connectivity index (χ2n) is 3.51. The number of hydrogen-bond acceptors (Lipinski definition) is 2. The van der Waals surface area contributed by atoms with E-state index < -0.39 is 10.3 Å². The Morgan fingerprint density at radius 3 is 1.73 bits per heavy atom. The molecule has 11 heavy (non-hydrogen) atoms. The minimum absolute atomic E-state index is 0.148. The van der Waals surface area contributed by atoms with Gasteiger partial charge < -0.3 is 0 Å². The molecule has 0 heterocycles. The van der Waals surface area contributed by atoms with Crippen molar-refractivity contribution in [3.05, 3.63) is 0 Å². The van der Waals surface area contributed by atoms with Crippen molar-refractivity contribution in [2.75, 3.05) is 6.61 Å². The summed E-state index contributed by atoms with van der Waals surface area (Å²) in [7, 11) is 10.6. The van der Waals surface area contributed by atoms with Crippen LogP contribution in [0.15, 0.2) is 0 Å². The van der Waals surface area contributed by atoms with Gasteiger partial charge in [0.25, 0.3) is 0 Å². The van der Waals surface area contributed by atoms with Crippen molar-refractivity contribution in [2.24, 2.45) is 5.41 Å². The molecule has 0 aliphatic carbocycles. The third-order valence-corrected chi connectivity index (χ3v) is 2.73. The van der Waals surface area contributed by atoms with E-state index in [9.17, 15) is 3.67 Å². The number of hydrogen-bond donors (Lipinski definition) is 0. The van der Waals surface area contributed by atoms with Crippen LogP contribution < -0.4 is 0 Å². The van der Waals surface area contributed by atoms with Crippen LogP contribution in [0.1, 0.15) is 20.8 Å². The zero-order valence-corrected chi connectivity index (χ0v) is 10.3. The molecule has 2 nitrogen and oxygen atoms in total. The molecule has 6 heteroatoms. The van der Waals surface area contributed by atoms with Gasteiger partial charge in [-0.3, -0.25) is 0 Å². The Kier molecular flexibility index (Phi) is 3.52. The average Bonchev–Trinajstić information content (AvgIpc) is 1.55. The van der Waals surface area contributed by atoms with Gasteiger partial charge in [0.15, 0.2) is 0 Å². The van der Waals surface area contributed by atoms with Crippen LogP contribution in [0.2, 0.25) is 0 Å². The Morgan fingerprint density at radius 1 is 1.27 bits per heavy atom. The molecule has 0 aliphatic rings. The van der Waals surface area contributed by atoms with Gasteiger partial charge in [-0.1, -0.05) is 0 Å². The molecule has 0 N–H and O–H groups in total. The molecule has 0 rings (SSSR count). The summed E-state index contributed by atoms with van der Waals surface area (Å²) in [5.74, 6) is 0. The number of rotatable bonds is 2. The molecule has 0 aromatic heterocycles. The summed E-state index contributed by atoms with van der Waals surface area (Å²) >= 11 is 0. The van der Waals surface area contributed by atoms with Crippen LogP contribution >= 0.6 is 29.5 Å². The Morgan fingerprint density at radius 2 is 1.64 bits per heavy atom. The second kappa shape index (κ2) is 3.17. The molecule has 0 aliphatic heterocycles. The Hall–Kier alpha value is 1.21. The maximum absolute atomic E-state index is 11.0. The third-order valence-electron chi connectivity index (χ3n) is 0.697. The van der Waals surface area contributed by atoms with Gasteiger partial charge in [0, 0.05) is 0 Å². The molecular formula is C5H11Cl3O2V. The molecule has 0 atom stereocenters. The first-order valence-corrected chi connectivity index (χ1v) is 9.92. The van der Waals surface area contributed by atoms with Gasteiger partial charge in [-0.15, -0.1) is 0 Å². The summed E-state index contributed by atoms with van der Waals surface area (Å²) in [6.45, 7) is 5.87. The van der Waals surface area contributed by atoms with Gasteiger partial charge in [-0.05, 0) is 0 Å². The molecule has 0 bridgehead atoms. The van der Waals surface area contributed by atoms with Gasteiger partial charge in [-0.25, -0.2) is 0 Å². The molecule has 0 radical (unpaired) electrons. The zero-order valence-electron chi connectivity index (χ0n) is 6.60. The van der Waals surface area contributed by atoms with Crippen molar-refractivity contribution in [1.29, 1.82) is 0 Å². The molecule has 0 aromatic carbocycles. The van der Waals surface area contributed by atoms with Crippen molar-refractivity contribution in [3.63, 3.8) is 0 Å². The van der Waals surface area contributed by atoms with E-state index in [1.54, 1.807) is 0 Å². The summed E-state index contributed by atoms with van der Waals surface area (Å²) in [4.78, 5) is 0. The summed E-state index contributed by atoms with van der Waals surface area (Å²) in [5.41, 5.74) is -0.148. The molecule has 0 spiro atoms. The van der Waals surface area contributed by atoms with Crippen LogP contribution in [0.3, 0.4) is 0 Å². The van der Waals surface area contributed by atoms with Crippen LogP contribution in [0.4, 0.5) is 0 Å². The van der Waals surface area contributed by atoms with E-state index in [0.29, 0.717) is 0 Å². The normalized spacial score (nSPS) is 17.5. The fraction of sp³-hybridized carbons (Fsp3) is 1.00. The summed E-state index contributed by atoms with van der Waals surface area (Å²) in [5, 5.41) is 0. The third kappa shape index (κ3) is 11.2. The second-order valence-corrected chi connectivity index (χ2v) is 15.8. The van der Waals surface area contributed by atoms with Gasteiger partial charge in [0.2, 0.25) is 0 Å². The van der Waals surface area contributed by atoms with E-state index in [1.807, 2.05) is 20.8 Å². The first-order valence-electron chi connectivity index (χ1n) is 3.01. The van der Waals surface area contributed by atoms with Crippen molar-refractivity contribution in [3.8, 4) is 0 Å². The monoisotopic (exact) mass is 259 g/mol. The minimum atomic E-state index is -5.05. The van der Waals surface area contributed by atoms with E-state index in [0.717, 1.165) is 0 Å². The molecule has 0 aromatic rings. The number of halogens is 3. The predicted molar refractivity (Wildman–Crippen MR) is 43.7 cm³/mol. The molecule has 0 amide bonds. The van der Waals surface area contributed by atoms with Crippen molar-refractivity contribution < 1.29 is 17.6 Å². The fourth-order valence-corrected chi connectivity index (χ4v) is 1.81. The summed E-state index contributed by atoms with van der Waals surface area (Å²) in [6, 6.07) is 0. The molecule has 0 saturated carbocycles. The van der Waals surface area contributed by atoms with Crippen LogP contribution in [0.5, 0.6) is 0 Å². The fourth-order valence-electron chi connectivity index (χ4n) is 0.293. The molecule has 0 unspecified atom stereocenters. The molecule has 69 valence electrons. The van der Waals surface area contributed by atoms with Crippen molar-refractivity contribution in [2.45, 2.75) is 20.8 Å². The van der Waals surface area contributed by atoms with E-state index in [4.69, 9.17) is 33.2 Å². The predicted octanol–water partition coefficient (Wildman–Crippen LogP) is 3.46. The van der Waals surface area contributed by atoms with Crippen LogP contribution in [-0.4, -0.2) is 6.61 Å². The van der Waals surface area contributed by atoms with E-state index in [-0.39, 0.29) is 12.0 Å². The van der Waals surface area contributed by atoms with Crippen molar-refractivity contribution >= 4 is 29.5 Å². The Balaban J connectivity index is 4.03. The van der Waals surface area contributed by atoms with Crippen LogP contribution in [-0.2, 0) is 17.6 Å². The standard InChI is InChI=1S/C5H11O.3ClH.O.V/c1-5(2,3)4-6;;;;;/h4H2,1-3H3;3*1H;;/q-1;;;;;+4/p-3. The maximum atomic E-state index is 11.0. The van der Waals surface area contributed by atoms with Gasteiger partial charge in [0.1, 0.15) is 0 Å². The van der Waals surface area contributed by atoms with Crippen LogP contribution in [0.25, 0.3) is 0 Å². The summed E-state index contributed by atoms with van der Waals surface area (Å²) < 4.78 is 15.7. The van der Waals surface area contributed by atoms with Gasteiger partial charge >= 0.3 is 80.0 Å². The topological polar surface area (TPSA) is 26.3 Å². The van der Waals surface area contributed by atoms with Crippen molar-refractivity contribution in [1.82, 2.24) is 0 Å². The summed E-state index contributed by atoms with van der Waals surface area (Å²) in [6.07, 6.45) is 0. The van der Waals surface area contributed by atoms with Gasteiger partial charge in [-0.2, -0.15) is 0 Å². The average molecular weight is 260 g/mol. The van der Waals surface area contributed by atoms with E-state index in [1.165, 1.54) is 0 Å². The molecule has 0 saturated heterocycles. The van der Waals surface area contributed by atoms with Crippen LogP contribution in [0, 0.1) is 5.41 Å². The SMILES string of the molecule is CC(C)(C)C[O][V](=[O])([Cl])([Cl])[Cl]. The first kappa shape index (κ1) is 12.2. The Labute approximate surface area is 79.8 Å². The van der Waals surface area contributed by atoms with E-state index >= 15 is 0 Å². The van der Waals surface area contributed by atoms with E-state index in [2.05, 4.69) is 0 Å². The quantitative estimate of drug-likeness (QED) is 0.760. The first-order chi connectivity index (χ1) is 4.46. The zero-order chi connectivity index (χ0) is 9.36. The molecular weight excluding hydrogens is 249 g/mol.